The summed E-state index contributed by atoms with van der Waals surface area (Å²) in [6.45, 7) is 3.95. The van der Waals surface area contributed by atoms with Crippen molar-refractivity contribution in [3.63, 3.8) is 0 Å². The molecule has 108 valence electrons. The number of nitrogens with zero attached hydrogens (tertiary/aromatic N) is 1. The molecule has 0 N–H and O–H groups in total. The van der Waals surface area contributed by atoms with E-state index in [1.165, 1.54) is 0 Å². The Morgan fingerprint density at radius 2 is 2.05 bits per heavy atom. The van der Waals surface area contributed by atoms with Crippen LogP contribution in [0.5, 0.6) is 0 Å². The van der Waals surface area contributed by atoms with Gasteiger partial charge in [0.25, 0.3) is 0 Å². The van der Waals surface area contributed by atoms with Crippen LogP contribution in [0.4, 0.5) is 0 Å². The summed E-state index contributed by atoms with van der Waals surface area (Å²) in [5.41, 5.74) is 0.225. The van der Waals surface area contributed by atoms with Crippen LogP contribution in [-0.4, -0.2) is 12.6 Å². The third kappa shape index (κ3) is 2.84. The highest BCUT2D eigenvalue weighted by Crippen LogP contribution is 2.41. The second-order valence-electron chi connectivity index (χ2n) is 4.86. The molecule has 0 spiro atoms. The number of benzene rings is 1. The molecule has 0 radical (unpaired) electrons. The van der Waals surface area contributed by atoms with Gasteiger partial charge in [0.15, 0.2) is 5.92 Å². The third-order valence-corrected chi connectivity index (χ3v) is 4.74. The molecule has 1 heterocycles. The fourth-order valence-corrected chi connectivity index (χ4v) is 3.39. The van der Waals surface area contributed by atoms with Gasteiger partial charge in [0.05, 0.1) is 18.1 Å². The lowest BCUT2D eigenvalue weighted by Crippen LogP contribution is -2.38. The summed E-state index contributed by atoms with van der Waals surface area (Å²) in [4.78, 5) is 13.2. The fourth-order valence-electron chi connectivity index (χ4n) is 2.45. The number of hydrogen-bond acceptors (Lipinski definition) is 4. The number of rotatable bonds is 5. The van der Waals surface area contributed by atoms with Gasteiger partial charge in [0, 0.05) is 4.88 Å². The maximum Gasteiger partial charge on any atom is 0.324 e. The zero-order valence-corrected chi connectivity index (χ0v) is 12.9. The Bertz CT molecular complexity index is 631. The Morgan fingerprint density at radius 3 is 2.57 bits per heavy atom. The van der Waals surface area contributed by atoms with E-state index in [-0.39, 0.29) is 6.61 Å². The predicted molar refractivity (Wildman–Crippen MR) is 83.0 cm³/mol. The molecule has 0 aliphatic rings. The van der Waals surface area contributed by atoms with Crippen LogP contribution in [0.15, 0.2) is 47.8 Å². The van der Waals surface area contributed by atoms with E-state index in [1.54, 1.807) is 18.3 Å². The Labute approximate surface area is 128 Å². The lowest BCUT2D eigenvalue weighted by atomic mass is 9.71. The predicted octanol–water partition coefficient (Wildman–Crippen LogP) is 3.76. The Kier molecular flexibility index (Phi) is 4.77. The van der Waals surface area contributed by atoms with Crippen LogP contribution in [0.25, 0.3) is 0 Å². The topological polar surface area (TPSA) is 50.1 Å². The molecule has 1 aromatic heterocycles. The normalized spacial score (nSPS) is 14.7. The van der Waals surface area contributed by atoms with Crippen LogP contribution in [0.1, 0.15) is 24.3 Å². The van der Waals surface area contributed by atoms with Gasteiger partial charge >= 0.3 is 5.97 Å². The van der Waals surface area contributed by atoms with Crippen molar-refractivity contribution in [1.29, 1.82) is 5.26 Å². The summed E-state index contributed by atoms with van der Waals surface area (Å²) in [6, 6.07) is 15.7. The standard InChI is InChI=1S/C17H17NO2S/c1-3-20-16(19)14(12-18)17(2,15-10-7-11-21-15)13-8-5-4-6-9-13/h4-11,14H,3H2,1-2H3/t14-,17-/m0/s1. The monoisotopic (exact) mass is 299 g/mol. The second-order valence-corrected chi connectivity index (χ2v) is 5.81. The van der Waals surface area contributed by atoms with Gasteiger partial charge in [0.1, 0.15) is 0 Å². The van der Waals surface area contributed by atoms with Crippen molar-refractivity contribution >= 4 is 17.3 Å². The maximum atomic E-state index is 12.2. The van der Waals surface area contributed by atoms with Gasteiger partial charge in [-0.25, -0.2) is 0 Å². The minimum Gasteiger partial charge on any atom is -0.465 e. The number of ether oxygens (including phenoxy) is 1. The minimum atomic E-state index is -0.876. The zero-order chi connectivity index (χ0) is 15.3. The van der Waals surface area contributed by atoms with Crippen molar-refractivity contribution in [2.75, 3.05) is 6.61 Å². The highest BCUT2D eigenvalue weighted by atomic mass is 32.1. The van der Waals surface area contributed by atoms with Crippen LogP contribution in [0, 0.1) is 17.2 Å². The van der Waals surface area contributed by atoms with Crippen LogP contribution in [0.3, 0.4) is 0 Å². The van der Waals surface area contributed by atoms with Crippen molar-refractivity contribution in [2.45, 2.75) is 19.3 Å². The highest BCUT2D eigenvalue weighted by Gasteiger charge is 2.44. The summed E-state index contributed by atoms with van der Waals surface area (Å²) in [5.74, 6) is -1.35. The van der Waals surface area contributed by atoms with Crippen LogP contribution in [0.2, 0.25) is 0 Å². The summed E-state index contributed by atoms with van der Waals surface area (Å²) in [5, 5.41) is 11.5. The molecule has 0 aliphatic carbocycles. The average Bonchev–Trinajstić information content (AvgIpc) is 3.03. The molecule has 0 amide bonds. The van der Waals surface area contributed by atoms with Crippen LogP contribution in [-0.2, 0) is 14.9 Å². The first-order valence-electron chi connectivity index (χ1n) is 6.80. The number of thiophene rings is 1. The Morgan fingerprint density at radius 1 is 1.33 bits per heavy atom. The van der Waals surface area contributed by atoms with Gasteiger partial charge in [-0.15, -0.1) is 11.3 Å². The first-order chi connectivity index (χ1) is 10.1. The SMILES string of the molecule is CCOC(=O)[C@H](C#N)[C@](C)(c1ccccc1)c1cccs1. The van der Waals surface area contributed by atoms with E-state index in [0.29, 0.717) is 0 Å². The molecular weight excluding hydrogens is 282 g/mol. The van der Waals surface area contributed by atoms with Crippen molar-refractivity contribution in [1.82, 2.24) is 0 Å². The van der Waals surface area contributed by atoms with Gasteiger partial charge < -0.3 is 4.74 Å². The molecule has 2 rings (SSSR count). The van der Waals surface area contributed by atoms with Gasteiger partial charge in [-0.2, -0.15) is 5.26 Å². The number of nitriles is 1. The third-order valence-electron chi connectivity index (χ3n) is 3.64. The summed E-state index contributed by atoms with van der Waals surface area (Å²) >= 11 is 1.55. The van der Waals surface area contributed by atoms with E-state index in [4.69, 9.17) is 4.74 Å². The minimum absolute atomic E-state index is 0.270. The number of hydrogen-bond donors (Lipinski definition) is 0. The molecule has 3 nitrogen and oxygen atoms in total. The zero-order valence-electron chi connectivity index (χ0n) is 12.1. The molecule has 0 fully saturated rings. The first kappa shape index (κ1) is 15.3. The summed E-state index contributed by atoms with van der Waals surface area (Å²) in [6.07, 6.45) is 0. The van der Waals surface area contributed by atoms with Crippen molar-refractivity contribution in [3.8, 4) is 6.07 Å². The molecule has 4 heteroatoms. The van der Waals surface area contributed by atoms with E-state index in [1.807, 2.05) is 54.8 Å². The Hall–Kier alpha value is -2.12. The molecule has 0 bridgehead atoms. The van der Waals surface area contributed by atoms with E-state index in [0.717, 1.165) is 10.4 Å². The van der Waals surface area contributed by atoms with E-state index < -0.39 is 17.3 Å². The smallest absolute Gasteiger partial charge is 0.324 e. The lowest BCUT2D eigenvalue weighted by Gasteiger charge is -2.32. The van der Waals surface area contributed by atoms with Gasteiger partial charge in [-0.3, -0.25) is 4.79 Å². The molecule has 0 aliphatic heterocycles. The van der Waals surface area contributed by atoms with Gasteiger partial charge in [-0.1, -0.05) is 36.4 Å². The van der Waals surface area contributed by atoms with E-state index in [9.17, 15) is 10.1 Å². The van der Waals surface area contributed by atoms with E-state index in [2.05, 4.69) is 6.07 Å². The van der Waals surface area contributed by atoms with Crippen LogP contribution >= 0.6 is 11.3 Å². The van der Waals surface area contributed by atoms with Crippen molar-refractivity contribution in [3.05, 3.63) is 58.3 Å². The summed E-state index contributed by atoms with van der Waals surface area (Å²) in [7, 11) is 0. The molecule has 0 unspecified atom stereocenters. The molecule has 0 saturated carbocycles. The molecule has 1 aromatic carbocycles. The largest absolute Gasteiger partial charge is 0.465 e. The van der Waals surface area contributed by atoms with Crippen LogP contribution < -0.4 is 0 Å². The first-order valence-corrected chi connectivity index (χ1v) is 7.68. The Balaban J connectivity index is 2.57. The number of esters is 1. The number of carbonyl (C=O) groups excluding carboxylic acids is 1. The fraction of sp³-hybridized carbons (Fsp3) is 0.294. The molecule has 21 heavy (non-hydrogen) atoms. The second kappa shape index (κ2) is 6.55. The summed E-state index contributed by atoms with van der Waals surface area (Å²) < 4.78 is 5.10. The average molecular weight is 299 g/mol. The van der Waals surface area contributed by atoms with Gasteiger partial charge in [-0.05, 0) is 30.9 Å². The maximum absolute atomic E-state index is 12.2. The van der Waals surface area contributed by atoms with Crippen molar-refractivity contribution in [2.24, 2.45) is 5.92 Å². The highest BCUT2D eigenvalue weighted by molar-refractivity contribution is 7.10. The molecule has 2 atom stereocenters. The van der Waals surface area contributed by atoms with Gasteiger partial charge in [0.2, 0.25) is 0 Å². The molecule has 2 aromatic rings. The molecular formula is C17H17NO2S. The molecule has 0 saturated heterocycles. The van der Waals surface area contributed by atoms with E-state index >= 15 is 0 Å². The van der Waals surface area contributed by atoms with Crippen molar-refractivity contribution < 1.29 is 9.53 Å². The lowest BCUT2D eigenvalue weighted by molar-refractivity contribution is -0.147. The number of carbonyl (C=O) groups is 1. The quantitative estimate of drug-likeness (QED) is 0.790.